The number of carbonyl (C=O) groups is 1. The largest absolute Gasteiger partial charge is 0.490 e. The van der Waals surface area contributed by atoms with Crippen molar-refractivity contribution in [2.75, 3.05) is 32.9 Å². The van der Waals surface area contributed by atoms with Crippen LogP contribution in [0.3, 0.4) is 0 Å². The van der Waals surface area contributed by atoms with Gasteiger partial charge in [-0.2, -0.15) is 5.26 Å². The van der Waals surface area contributed by atoms with Crippen molar-refractivity contribution < 1.29 is 19.0 Å². The summed E-state index contributed by atoms with van der Waals surface area (Å²) in [6, 6.07) is 23.5. The van der Waals surface area contributed by atoms with Crippen LogP contribution in [-0.2, 0) is 11.2 Å². The first kappa shape index (κ1) is 24.7. The van der Waals surface area contributed by atoms with Gasteiger partial charge in [0, 0.05) is 25.1 Å². The van der Waals surface area contributed by atoms with Crippen molar-refractivity contribution in [3.8, 4) is 34.4 Å². The lowest BCUT2D eigenvalue weighted by molar-refractivity contribution is -0.134. The monoisotopic (exact) mass is 496 g/mol. The van der Waals surface area contributed by atoms with Crippen molar-refractivity contribution in [3.63, 3.8) is 0 Å². The van der Waals surface area contributed by atoms with Gasteiger partial charge in [0.15, 0.2) is 18.1 Å². The van der Waals surface area contributed by atoms with Crippen LogP contribution < -0.4 is 14.2 Å². The molecule has 37 heavy (non-hydrogen) atoms. The second-order valence-corrected chi connectivity index (χ2v) is 9.67. The second kappa shape index (κ2) is 11.8. The first-order chi connectivity index (χ1) is 18.2. The van der Waals surface area contributed by atoms with Crippen molar-refractivity contribution in [1.29, 1.82) is 5.26 Å². The van der Waals surface area contributed by atoms with E-state index in [9.17, 15) is 4.79 Å². The van der Waals surface area contributed by atoms with E-state index in [-0.39, 0.29) is 12.5 Å². The number of aryl methyl sites for hydroxylation is 1. The molecule has 2 aliphatic heterocycles. The zero-order valence-corrected chi connectivity index (χ0v) is 21.0. The summed E-state index contributed by atoms with van der Waals surface area (Å²) in [6.45, 7) is 2.97. The molecule has 0 aromatic heterocycles. The van der Waals surface area contributed by atoms with Gasteiger partial charge in [0.05, 0.1) is 24.8 Å². The van der Waals surface area contributed by atoms with E-state index in [1.807, 2.05) is 47.4 Å². The zero-order valence-electron chi connectivity index (χ0n) is 21.0. The highest BCUT2D eigenvalue weighted by Gasteiger charge is 2.23. The van der Waals surface area contributed by atoms with Gasteiger partial charge in [-0.05, 0) is 73.1 Å². The Balaban J connectivity index is 1.09. The van der Waals surface area contributed by atoms with Crippen LogP contribution in [-0.4, -0.2) is 43.7 Å². The van der Waals surface area contributed by atoms with Gasteiger partial charge in [0.25, 0.3) is 5.91 Å². The van der Waals surface area contributed by atoms with E-state index >= 15 is 0 Å². The molecule has 1 fully saturated rings. The number of fused-ring (bicyclic) bond motifs is 1. The van der Waals surface area contributed by atoms with Gasteiger partial charge in [0.2, 0.25) is 0 Å². The van der Waals surface area contributed by atoms with E-state index in [4.69, 9.17) is 19.5 Å². The number of nitrogens with zero attached hydrogens (tertiary/aromatic N) is 2. The Morgan fingerprint density at radius 3 is 2.51 bits per heavy atom. The Labute approximate surface area is 218 Å². The summed E-state index contributed by atoms with van der Waals surface area (Å²) in [4.78, 5) is 14.8. The summed E-state index contributed by atoms with van der Waals surface area (Å²) in [5.74, 6) is 3.01. The number of ether oxygens (including phenoxy) is 3. The van der Waals surface area contributed by atoms with E-state index in [1.54, 1.807) is 12.1 Å². The number of carbonyl (C=O) groups excluding carboxylic acids is 1. The number of para-hydroxylation sites is 1. The SMILES string of the molecule is N#Cc1ccc(-c2ccccc2OCC(=O)N2CCC(CCc3ccc4c(c3)OCCCO4)CC2)cc1. The smallest absolute Gasteiger partial charge is 0.260 e. The molecule has 6 nitrogen and oxygen atoms in total. The van der Waals surface area contributed by atoms with E-state index < -0.39 is 0 Å². The topological polar surface area (TPSA) is 71.8 Å². The fourth-order valence-electron chi connectivity index (χ4n) is 4.99. The molecule has 0 aliphatic carbocycles. The number of likely N-dealkylation sites (tertiary alicyclic amines) is 1. The first-order valence-corrected chi connectivity index (χ1v) is 13.1. The molecule has 190 valence electrons. The average Bonchev–Trinajstić information content (AvgIpc) is 3.20. The minimum absolute atomic E-state index is 0.0230. The standard InChI is InChI=1S/C31H32N2O4/c32-21-25-8-11-26(12-9-25)27-4-1-2-5-28(27)37-22-31(34)33-16-14-23(15-17-33)6-7-24-10-13-29-30(20-24)36-19-3-18-35-29/h1-2,4-5,8-13,20,23H,3,6-7,14-19,22H2. The number of rotatable bonds is 7. The third kappa shape index (κ3) is 6.24. The van der Waals surface area contributed by atoms with E-state index in [2.05, 4.69) is 18.2 Å². The highest BCUT2D eigenvalue weighted by molar-refractivity contribution is 5.78. The lowest BCUT2D eigenvalue weighted by atomic mass is 9.90. The third-order valence-corrected chi connectivity index (χ3v) is 7.18. The maximum atomic E-state index is 12.9. The molecule has 0 atom stereocenters. The fraction of sp³-hybridized carbons (Fsp3) is 0.355. The van der Waals surface area contributed by atoms with Crippen molar-refractivity contribution in [2.24, 2.45) is 5.92 Å². The molecular formula is C31H32N2O4. The number of nitriles is 1. The molecule has 0 unspecified atom stereocenters. The highest BCUT2D eigenvalue weighted by Crippen LogP contribution is 2.32. The van der Waals surface area contributed by atoms with Crippen molar-refractivity contribution in [3.05, 3.63) is 77.9 Å². The minimum Gasteiger partial charge on any atom is -0.490 e. The Hall–Kier alpha value is -3.98. The molecule has 0 bridgehead atoms. The Kier molecular flexibility index (Phi) is 7.90. The molecule has 0 saturated carbocycles. The number of benzene rings is 3. The van der Waals surface area contributed by atoms with Gasteiger partial charge in [0.1, 0.15) is 5.75 Å². The predicted octanol–water partition coefficient (Wildman–Crippen LogP) is 5.64. The molecule has 5 rings (SSSR count). The Bertz CT molecular complexity index is 1260. The molecule has 3 aromatic carbocycles. The van der Waals surface area contributed by atoms with Gasteiger partial charge in [-0.15, -0.1) is 0 Å². The average molecular weight is 497 g/mol. The van der Waals surface area contributed by atoms with Crippen LogP contribution in [0.2, 0.25) is 0 Å². The molecule has 6 heteroatoms. The molecule has 2 aliphatic rings. The molecule has 0 N–H and O–H groups in total. The van der Waals surface area contributed by atoms with E-state index in [1.165, 1.54) is 5.56 Å². The maximum Gasteiger partial charge on any atom is 0.260 e. The van der Waals surface area contributed by atoms with Gasteiger partial charge < -0.3 is 19.1 Å². The third-order valence-electron chi connectivity index (χ3n) is 7.18. The molecule has 1 amide bonds. The summed E-state index contributed by atoms with van der Waals surface area (Å²) < 4.78 is 17.5. The Morgan fingerprint density at radius 1 is 0.973 bits per heavy atom. The normalized spacial score (nSPS) is 15.5. The van der Waals surface area contributed by atoms with Crippen LogP contribution in [0.15, 0.2) is 66.7 Å². The zero-order chi connectivity index (χ0) is 25.5. The Morgan fingerprint density at radius 2 is 1.73 bits per heavy atom. The number of hydrogen-bond acceptors (Lipinski definition) is 5. The number of piperidine rings is 1. The maximum absolute atomic E-state index is 12.9. The van der Waals surface area contributed by atoms with Gasteiger partial charge in [-0.3, -0.25) is 4.79 Å². The molecule has 0 radical (unpaired) electrons. The van der Waals surface area contributed by atoms with E-state index in [0.29, 0.717) is 30.4 Å². The van der Waals surface area contributed by atoms with Crippen LogP contribution in [0.1, 0.15) is 36.8 Å². The van der Waals surface area contributed by atoms with Gasteiger partial charge >= 0.3 is 0 Å². The second-order valence-electron chi connectivity index (χ2n) is 9.67. The van der Waals surface area contributed by atoms with Crippen LogP contribution >= 0.6 is 0 Å². The number of amides is 1. The lowest BCUT2D eigenvalue weighted by Gasteiger charge is -2.32. The first-order valence-electron chi connectivity index (χ1n) is 13.1. The molecular weight excluding hydrogens is 464 g/mol. The fourth-order valence-corrected chi connectivity index (χ4v) is 4.99. The quantitative estimate of drug-likeness (QED) is 0.424. The summed E-state index contributed by atoms with van der Waals surface area (Å²) in [5.41, 5.74) is 3.75. The van der Waals surface area contributed by atoms with Crippen molar-refractivity contribution >= 4 is 5.91 Å². The van der Waals surface area contributed by atoms with Gasteiger partial charge in [-0.1, -0.05) is 36.4 Å². The number of hydrogen-bond donors (Lipinski definition) is 0. The van der Waals surface area contributed by atoms with Crippen LogP contribution in [0.5, 0.6) is 17.2 Å². The van der Waals surface area contributed by atoms with E-state index in [0.717, 1.165) is 67.8 Å². The summed E-state index contributed by atoms with van der Waals surface area (Å²) in [6.07, 6.45) is 5.05. The molecule has 2 heterocycles. The minimum atomic E-state index is 0.0230. The predicted molar refractivity (Wildman–Crippen MR) is 142 cm³/mol. The molecule has 1 saturated heterocycles. The lowest BCUT2D eigenvalue weighted by Crippen LogP contribution is -2.41. The van der Waals surface area contributed by atoms with Crippen LogP contribution in [0.25, 0.3) is 11.1 Å². The highest BCUT2D eigenvalue weighted by atomic mass is 16.5. The van der Waals surface area contributed by atoms with Crippen molar-refractivity contribution in [2.45, 2.75) is 32.1 Å². The summed E-state index contributed by atoms with van der Waals surface area (Å²) in [7, 11) is 0. The van der Waals surface area contributed by atoms with Gasteiger partial charge in [-0.25, -0.2) is 0 Å². The van der Waals surface area contributed by atoms with Crippen LogP contribution in [0, 0.1) is 17.2 Å². The molecule has 3 aromatic rings. The van der Waals surface area contributed by atoms with Crippen molar-refractivity contribution in [1.82, 2.24) is 4.90 Å². The van der Waals surface area contributed by atoms with Crippen LogP contribution in [0.4, 0.5) is 0 Å². The molecule has 0 spiro atoms. The summed E-state index contributed by atoms with van der Waals surface area (Å²) in [5, 5.41) is 9.04. The summed E-state index contributed by atoms with van der Waals surface area (Å²) >= 11 is 0.